The number of aryl methyl sites for hydroxylation is 1. The van der Waals surface area contributed by atoms with Gasteiger partial charge >= 0.3 is 0 Å². The molecule has 5 aromatic rings. The molecule has 0 unspecified atom stereocenters. The molecule has 7 heteroatoms. The molecule has 0 atom stereocenters. The molecule has 0 radical (unpaired) electrons. The number of fused-ring (bicyclic) bond motifs is 1. The minimum absolute atomic E-state index is 0.0363. The number of rotatable bonds is 8. The van der Waals surface area contributed by atoms with Gasteiger partial charge in [0.1, 0.15) is 0 Å². The largest absolute Gasteiger partial charge is 0.423 e. The van der Waals surface area contributed by atoms with Gasteiger partial charge in [0.25, 0.3) is 0 Å². The van der Waals surface area contributed by atoms with E-state index in [-0.39, 0.29) is 18.1 Å². The summed E-state index contributed by atoms with van der Waals surface area (Å²) in [6, 6.07) is 19.6. The Labute approximate surface area is 207 Å². The van der Waals surface area contributed by atoms with Gasteiger partial charge < -0.3 is 8.98 Å². The first kappa shape index (κ1) is 23.6. The summed E-state index contributed by atoms with van der Waals surface area (Å²) in [5, 5.41) is 8.66. The van der Waals surface area contributed by atoms with Gasteiger partial charge in [-0.05, 0) is 47.7 Å². The first-order valence-corrected chi connectivity index (χ1v) is 11.9. The van der Waals surface area contributed by atoms with Crippen molar-refractivity contribution in [2.45, 2.75) is 39.2 Å². The Bertz CT molecular complexity index is 1520. The number of hydrogen-bond acceptors (Lipinski definition) is 4. The van der Waals surface area contributed by atoms with Crippen LogP contribution in [0.5, 0.6) is 0 Å². The molecule has 182 valence electrons. The molecule has 0 amide bonds. The van der Waals surface area contributed by atoms with Crippen LogP contribution < -0.4 is 0 Å². The molecule has 2 aromatic heterocycles. The number of aromatic nitrogens is 3. The highest BCUT2D eigenvalue weighted by atomic mass is 19.2. The number of halogens is 2. The van der Waals surface area contributed by atoms with Crippen molar-refractivity contribution in [3.05, 3.63) is 107 Å². The molecule has 0 N–H and O–H groups in total. The molecule has 0 bridgehead atoms. The van der Waals surface area contributed by atoms with Gasteiger partial charge in [0.15, 0.2) is 17.4 Å². The highest BCUT2D eigenvalue weighted by Crippen LogP contribution is 2.35. The third kappa shape index (κ3) is 4.56. The number of benzene rings is 3. The zero-order chi connectivity index (χ0) is 25.2. The van der Waals surface area contributed by atoms with Gasteiger partial charge in [0, 0.05) is 35.2 Å². The van der Waals surface area contributed by atoms with Crippen molar-refractivity contribution in [1.82, 2.24) is 14.8 Å². The fraction of sp³-hybridized carbons (Fsp3) is 0.207. The van der Waals surface area contributed by atoms with Gasteiger partial charge in [-0.1, -0.05) is 56.3 Å². The van der Waals surface area contributed by atoms with E-state index < -0.39 is 11.6 Å². The lowest BCUT2D eigenvalue weighted by molar-refractivity contribution is 0.0983. The van der Waals surface area contributed by atoms with Crippen LogP contribution in [0.1, 0.15) is 53.4 Å². The normalized spacial score (nSPS) is 11.5. The Morgan fingerprint density at radius 1 is 0.972 bits per heavy atom. The molecule has 3 aromatic carbocycles. The molecule has 0 fully saturated rings. The summed E-state index contributed by atoms with van der Waals surface area (Å²) in [6.45, 7) is 4.73. The second-order valence-corrected chi connectivity index (χ2v) is 9.13. The summed E-state index contributed by atoms with van der Waals surface area (Å²) >= 11 is 0. The van der Waals surface area contributed by atoms with E-state index in [1.165, 1.54) is 12.5 Å². The molecular weight excluding hydrogens is 460 g/mol. The quantitative estimate of drug-likeness (QED) is 0.223. The smallest absolute Gasteiger partial charge is 0.247 e. The molecular formula is C29H25F2N3O2. The van der Waals surface area contributed by atoms with Crippen molar-refractivity contribution in [2.24, 2.45) is 0 Å². The average molecular weight is 486 g/mol. The maximum Gasteiger partial charge on any atom is 0.247 e. The van der Waals surface area contributed by atoms with Crippen LogP contribution in [-0.4, -0.2) is 20.5 Å². The van der Waals surface area contributed by atoms with E-state index in [9.17, 15) is 13.6 Å². The van der Waals surface area contributed by atoms with Crippen molar-refractivity contribution in [3.8, 4) is 11.5 Å². The van der Waals surface area contributed by atoms with Crippen LogP contribution in [0, 0.1) is 11.6 Å². The first-order valence-electron chi connectivity index (χ1n) is 11.9. The predicted octanol–water partition coefficient (Wildman–Crippen LogP) is 6.96. The summed E-state index contributed by atoms with van der Waals surface area (Å²) < 4.78 is 34.6. The van der Waals surface area contributed by atoms with E-state index >= 15 is 0 Å². The van der Waals surface area contributed by atoms with Crippen LogP contribution in [0.4, 0.5) is 8.78 Å². The van der Waals surface area contributed by atoms with Crippen LogP contribution in [0.2, 0.25) is 0 Å². The number of ketones is 1. The van der Waals surface area contributed by atoms with Gasteiger partial charge in [0.05, 0.1) is 5.52 Å². The van der Waals surface area contributed by atoms with Crippen LogP contribution in [0.25, 0.3) is 22.4 Å². The van der Waals surface area contributed by atoms with Gasteiger partial charge in [-0.25, -0.2) is 8.78 Å². The Morgan fingerprint density at radius 3 is 2.47 bits per heavy atom. The van der Waals surface area contributed by atoms with E-state index in [1.807, 2.05) is 36.4 Å². The third-order valence-corrected chi connectivity index (χ3v) is 6.35. The fourth-order valence-electron chi connectivity index (χ4n) is 4.71. The molecule has 5 rings (SSSR count). The van der Waals surface area contributed by atoms with Crippen molar-refractivity contribution in [3.63, 3.8) is 0 Å². The summed E-state index contributed by atoms with van der Waals surface area (Å²) in [5.41, 5.74) is 4.96. The molecule has 0 aliphatic rings. The standard InChI is InChI=1S/C29H25F2N3O2/c1-18(2)28-27(26(35)13-9-19-8-12-23(30)24(31)14-19)22-11-10-21(29-33-32-17-36-29)15-25(22)34(28)16-20-6-4-3-5-7-20/h3-8,10-12,14-15,17-18H,9,13,16H2,1-2H3. The third-order valence-electron chi connectivity index (χ3n) is 6.35. The minimum atomic E-state index is -0.907. The second kappa shape index (κ2) is 9.85. The molecule has 5 nitrogen and oxygen atoms in total. The number of hydrogen-bond donors (Lipinski definition) is 0. The summed E-state index contributed by atoms with van der Waals surface area (Å²) in [4.78, 5) is 13.7. The molecule has 0 spiro atoms. The predicted molar refractivity (Wildman–Crippen MR) is 134 cm³/mol. The lowest BCUT2D eigenvalue weighted by Crippen LogP contribution is -2.11. The Balaban J connectivity index is 1.61. The van der Waals surface area contributed by atoms with Gasteiger partial charge in [-0.3, -0.25) is 4.79 Å². The van der Waals surface area contributed by atoms with Crippen LogP contribution in [0.15, 0.2) is 77.5 Å². The van der Waals surface area contributed by atoms with Crippen LogP contribution >= 0.6 is 0 Å². The summed E-state index contributed by atoms with van der Waals surface area (Å²) in [6.07, 6.45) is 1.79. The van der Waals surface area contributed by atoms with Gasteiger partial charge in [-0.2, -0.15) is 0 Å². The molecule has 0 aliphatic carbocycles. The van der Waals surface area contributed by atoms with E-state index in [0.717, 1.165) is 39.9 Å². The van der Waals surface area contributed by atoms with Gasteiger partial charge in [0.2, 0.25) is 12.3 Å². The van der Waals surface area contributed by atoms with E-state index in [4.69, 9.17) is 4.42 Å². The monoisotopic (exact) mass is 485 g/mol. The van der Waals surface area contributed by atoms with Crippen molar-refractivity contribution >= 4 is 16.7 Å². The Kier molecular flexibility index (Phi) is 6.46. The number of carbonyl (C=O) groups excluding carboxylic acids is 1. The highest BCUT2D eigenvalue weighted by Gasteiger charge is 2.25. The highest BCUT2D eigenvalue weighted by molar-refractivity contribution is 6.10. The van der Waals surface area contributed by atoms with E-state index in [0.29, 0.717) is 30.0 Å². The maximum atomic E-state index is 13.7. The van der Waals surface area contributed by atoms with Crippen LogP contribution in [0.3, 0.4) is 0 Å². The lowest BCUT2D eigenvalue weighted by Gasteiger charge is -2.15. The molecule has 2 heterocycles. The number of Topliss-reactive ketones (excluding diaryl/α,β-unsaturated/α-hetero) is 1. The van der Waals surface area contributed by atoms with Crippen molar-refractivity contribution in [2.75, 3.05) is 0 Å². The summed E-state index contributed by atoms with van der Waals surface area (Å²) in [7, 11) is 0. The van der Waals surface area contributed by atoms with Gasteiger partial charge in [-0.15, -0.1) is 10.2 Å². The second-order valence-electron chi connectivity index (χ2n) is 9.13. The van der Waals surface area contributed by atoms with Crippen molar-refractivity contribution in [1.29, 1.82) is 0 Å². The average Bonchev–Trinajstić information content (AvgIpc) is 3.52. The Morgan fingerprint density at radius 2 is 1.78 bits per heavy atom. The zero-order valence-electron chi connectivity index (χ0n) is 20.0. The fourth-order valence-corrected chi connectivity index (χ4v) is 4.71. The topological polar surface area (TPSA) is 60.9 Å². The Hall–Kier alpha value is -4.13. The van der Waals surface area contributed by atoms with Crippen LogP contribution in [-0.2, 0) is 13.0 Å². The van der Waals surface area contributed by atoms with Crippen molar-refractivity contribution < 1.29 is 18.0 Å². The number of nitrogens with zero attached hydrogens (tertiary/aromatic N) is 3. The van der Waals surface area contributed by atoms with E-state index in [2.05, 4.69) is 40.7 Å². The zero-order valence-corrected chi connectivity index (χ0v) is 20.0. The first-order chi connectivity index (χ1) is 17.4. The lowest BCUT2D eigenvalue weighted by atomic mass is 9.96. The SMILES string of the molecule is CC(C)c1c(C(=O)CCc2ccc(F)c(F)c2)c2ccc(-c3nnco3)cc2n1Cc1ccccc1. The molecule has 0 aliphatic heterocycles. The number of carbonyl (C=O) groups is 1. The molecule has 36 heavy (non-hydrogen) atoms. The van der Waals surface area contributed by atoms with E-state index in [1.54, 1.807) is 0 Å². The molecule has 0 saturated carbocycles. The maximum absolute atomic E-state index is 13.7. The summed E-state index contributed by atoms with van der Waals surface area (Å²) in [5.74, 6) is -1.37. The molecule has 0 saturated heterocycles. The minimum Gasteiger partial charge on any atom is -0.423 e.